The molecule has 0 radical (unpaired) electrons. The Morgan fingerprint density at radius 1 is 1.46 bits per heavy atom. The first-order valence-electron chi connectivity index (χ1n) is 3.65. The maximum atomic E-state index is 13.3. The van der Waals surface area contributed by atoms with Crippen LogP contribution in [0.15, 0.2) is 22.7 Å². The molecule has 0 aliphatic carbocycles. The van der Waals surface area contributed by atoms with Crippen LogP contribution in [0.5, 0.6) is 0 Å². The van der Waals surface area contributed by atoms with Crippen LogP contribution in [0.4, 0.5) is 4.39 Å². The molecule has 1 aromatic heterocycles. The minimum absolute atomic E-state index is 0.183. The van der Waals surface area contributed by atoms with E-state index in [1.807, 2.05) is 18.2 Å². The SMILES string of the molecule is Fc1sc2cccc(Br)c2c1CCl. The van der Waals surface area contributed by atoms with Crippen molar-refractivity contribution >= 4 is 49.0 Å². The lowest BCUT2D eigenvalue weighted by atomic mass is 10.2. The van der Waals surface area contributed by atoms with E-state index >= 15 is 0 Å². The Morgan fingerprint density at radius 2 is 2.23 bits per heavy atom. The first kappa shape index (κ1) is 9.44. The average molecular weight is 280 g/mol. The van der Waals surface area contributed by atoms with E-state index in [9.17, 15) is 4.39 Å². The van der Waals surface area contributed by atoms with Crippen molar-refractivity contribution in [2.45, 2.75) is 5.88 Å². The lowest BCUT2D eigenvalue weighted by molar-refractivity contribution is 0.648. The van der Waals surface area contributed by atoms with E-state index in [0.717, 1.165) is 25.9 Å². The molecule has 2 aromatic rings. The van der Waals surface area contributed by atoms with Crippen molar-refractivity contribution in [1.29, 1.82) is 0 Å². The zero-order valence-electron chi connectivity index (χ0n) is 6.48. The number of fused-ring (bicyclic) bond motifs is 1. The normalized spacial score (nSPS) is 11.0. The molecular weight excluding hydrogens is 275 g/mol. The number of hydrogen-bond acceptors (Lipinski definition) is 1. The summed E-state index contributed by atoms with van der Waals surface area (Å²) in [5, 5.41) is 0.719. The number of rotatable bonds is 1. The molecule has 1 aromatic carbocycles. The van der Waals surface area contributed by atoms with Crippen LogP contribution in [0.2, 0.25) is 0 Å². The van der Waals surface area contributed by atoms with E-state index in [0.29, 0.717) is 5.56 Å². The molecule has 13 heavy (non-hydrogen) atoms. The summed E-state index contributed by atoms with van der Waals surface area (Å²) < 4.78 is 15.1. The van der Waals surface area contributed by atoms with Gasteiger partial charge in [0.15, 0.2) is 5.13 Å². The van der Waals surface area contributed by atoms with Gasteiger partial charge in [-0.15, -0.1) is 22.9 Å². The van der Waals surface area contributed by atoms with Crippen LogP contribution in [0.3, 0.4) is 0 Å². The number of halogens is 3. The molecule has 4 heteroatoms. The van der Waals surface area contributed by atoms with Gasteiger partial charge in [-0.1, -0.05) is 22.0 Å². The number of hydrogen-bond donors (Lipinski definition) is 0. The smallest absolute Gasteiger partial charge is 0.182 e. The topological polar surface area (TPSA) is 0 Å². The molecule has 0 atom stereocenters. The second kappa shape index (κ2) is 3.56. The largest absolute Gasteiger partial charge is 0.195 e. The number of alkyl halides is 1. The quantitative estimate of drug-likeness (QED) is 0.672. The van der Waals surface area contributed by atoms with Crippen molar-refractivity contribution in [2.75, 3.05) is 0 Å². The summed E-state index contributed by atoms with van der Waals surface area (Å²) in [6.07, 6.45) is 0. The predicted molar refractivity (Wildman–Crippen MR) is 59.0 cm³/mol. The fraction of sp³-hybridized carbons (Fsp3) is 0.111. The van der Waals surface area contributed by atoms with Gasteiger partial charge >= 0.3 is 0 Å². The van der Waals surface area contributed by atoms with Crippen molar-refractivity contribution in [1.82, 2.24) is 0 Å². The molecule has 2 rings (SSSR count). The molecule has 68 valence electrons. The average Bonchev–Trinajstić information content (AvgIpc) is 2.42. The van der Waals surface area contributed by atoms with Gasteiger partial charge in [-0.25, -0.2) is 0 Å². The van der Waals surface area contributed by atoms with Crippen molar-refractivity contribution in [2.24, 2.45) is 0 Å². The van der Waals surface area contributed by atoms with E-state index in [1.165, 1.54) is 0 Å². The van der Waals surface area contributed by atoms with E-state index in [2.05, 4.69) is 15.9 Å². The van der Waals surface area contributed by atoms with Crippen LogP contribution in [0, 0.1) is 5.13 Å². The van der Waals surface area contributed by atoms with Crippen LogP contribution in [0.1, 0.15) is 5.56 Å². The highest BCUT2D eigenvalue weighted by molar-refractivity contribution is 9.10. The molecule has 0 bridgehead atoms. The first-order valence-corrected chi connectivity index (χ1v) is 5.80. The van der Waals surface area contributed by atoms with Crippen LogP contribution in [-0.4, -0.2) is 0 Å². The fourth-order valence-electron chi connectivity index (χ4n) is 1.26. The summed E-state index contributed by atoms with van der Waals surface area (Å²) in [6, 6.07) is 5.68. The fourth-order valence-corrected chi connectivity index (χ4v) is 3.30. The molecule has 0 N–H and O–H groups in total. The summed E-state index contributed by atoms with van der Waals surface area (Å²) in [7, 11) is 0. The maximum Gasteiger partial charge on any atom is 0.182 e. The molecule has 0 fully saturated rings. The standard InChI is InChI=1S/C9H5BrClFS/c10-6-2-1-3-7-8(6)5(4-11)9(12)13-7/h1-3H,4H2. The van der Waals surface area contributed by atoms with Gasteiger partial charge < -0.3 is 0 Å². The lowest BCUT2D eigenvalue weighted by Gasteiger charge is -1.95. The van der Waals surface area contributed by atoms with Gasteiger partial charge in [0.1, 0.15) is 0 Å². The first-order chi connectivity index (χ1) is 6.24. The van der Waals surface area contributed by atoms with E-state index in [1.54, 1.807) is 0 Å². The van der Waals surface area contributed by atoms with Crippen molar-refractivity contribution in [3.63, 3.8) is 0 Å². The molecule has 0 saturated heterocycles. The van der Waals surface area contributed by atoms with Gasteiger partial charge in [-0.2, -0.15) is 4.39 Å². The highest BCUT2D eigenvalue weighted by Crippen LogP contribution is 2.35. The molecule has 0 unspecified atom stereocenters. The highest BCUT2D eigenvalue weighted by Gasteiger charge is 2.12. The Bertz CT molecular complexity index is 452. The third kappa shape index (κ3) is 1.49. The Kier molecular flexibility index (Phi) is 2.58. The van der Waals surface area contributed by atoms with Gasteiger partial charge in [0.05, 0.1) is 5.88 Å². The van der Waals surface area contributed by atoms with Gasteiger partial charge in [-0.05, 0) is 12.1 Å². The highest BCUT2D eigenvalue weighted by atomic mass is 79.9. The summed E-state index contributed by atoms with van der Waals surface area (Å²) in [5.41, 5.74) is 0.592. The van der Waals surface area contributed by atoms with Crippen molar-refractivity contribution in [3.05, 3.63) is 33.4 Å². The van der Waals surface area contributed by atoms with Crippen LogP contribution in [-0.2, 0) is 5.88 Å². The van der Waals surface area contributed by atoms with Crippen molar-refractivity contribution < 1.29 is 4.39 Å². The monoisotopic (exact) mass is 278 g/mol. The van der Waals surface area contributed by atoms with E-state index in [4.69, 9.17) is 11.6 Å². The number of thiophene rings is 1. The summed E-state index contributed by atoms with van der Waals surface area (Å²) in [4.78, 5) is 0. The van der Waals surface area contributed by atoms with Gasteiger partial charge in [-0.3, -0.25) is 0 Å². The van der Waals surface area contributed by atoms with E-state index < -0.39 is 0 Å². The predicted octanol–water partition coefficient (Wildman–Crippen LogP) is 4.54. The van der Waals surface area contributed by atoms with Crippen LogP contribution < -0.4 is 0 Å². The molecule has 0 spiro atoms. The Labute approximate surface area is 92.5 Å². The molecule has 0 nitrogen and oxygen atoms in total. The maximum absolute atomic E-state index is 13.3. The second-order valence-electron chi connectivity index (χ2n) is 2.60. The Morgan fingerprint density at radius 3 is 2.92 bits per heavy atom. The van der Waals surface area contributed by atoms with Crippen LogP contribution in [0.25, 0.3) is 10.1 Å². The van der Waals surface area contributed by atoms with Gasteiger partial charge in [0.25, 0.3) is 0 Å². The van der Waals surface area contributed by atoms with Gasteiger partial charge in [0, 0.05) is 20.1 Å². The third-order valence-corrected chi connectivity index (χ3v) is 3.76. The van der Waals surface area contributed by atoms with Crippen molar-refractivity contribution in [3.8, 4) is 0 Å². The molecule has 0 aliphatic rings. The minimum atomic E-state index is -0.183. The molecule has 1 heterocycles. The Hall–Kier alpha value is -0.120. The molecule has 0 amide bonds. The molecule has 0 saturated carbocycles. The zero-order chi connectivity index (χ0) is 9.42. The summed E-state index contributed by atoms with van der Waals surface area (Å²) in [6.45, 7) is 0. The van der Waals surface area contributed by atoms with E-state index in [-0.39, 0.29) is 11.0 Å². The van der Waals surface area contributed by atoms with Crippen LogP contribution >= 0.6 is 38.9 Å². The lowest BCUT2D eigenvalue weighted by Crippen LogP contribution is -1.78. The minimum Gasteiger partial charge on any atom is -0.195 e. The Balaban J connectivity index is 2.88. The summed E-state index contributed by atoms with van der Waals surface area (Å²) >= 11 is 10.2. The molecule has 0 aliphatic heterocycles. The second-order valence-corrected chi connectivity index (χ2v) is 4.72. The zero-order valence-corrected chi connectivity index (χ0v) is 9.64. The molecular formula is C9H5BrClFS. The third-order valence-electron chi connectivity index (χ3n) is 1.85. The summed E-state index contributed by atoms with van der Waals surface area (Å²) in [5.74, 6) is 0.217. The number of benzene rings is 1. The van der Waals surface area contributed by atoms with Gasteiger partial charge in [0.2, 0.25) is 0 Å².